The molecular formula is C36H35N4O17P2S-3. The van der Waals surface area contributed by atoms with Gasteiger partial charge in [0.05, 0.1) is 18.8 Å². The van der Waals surface area contributed by atoms with E-state index in [1.54, 1.807) is 12.1 Å². The minimum Gasteiger partial charge on any atom is -0.872 e. The maximum absolute atomic E-state index is 12.5. The van der Waals surface area contributed by atoms with Crippen LogP contribution in [0, 0.1) is 0 Å². The van der Waals surface area contributed by atoms with Gasteiger partial charge in [0.25, 0.3) is 21.2 Å². The fraction of sp³-hybridized carbons (Fsp3) is 0.306. The summed E-state index contributed by atoms with van der Waals surface area (Å²) in [5, 5.41) is 49.3. The third-order valence-corrected chi connectivity index (χ3v) is 11.9. The number of aliphatic hydroxyl groups is 2. The van der Waals surface area contributed by atoms with Gasteiger partial charge in [0.2, 0.25) is 0 Å². The van der Waals surface area contributed by atoms with Gasteiger partial charge in [0.1, 0.15) is 29.7 Å². The standard InChI is InChI=1S/C36H38N4O17P2S/c41-20-6-9-23-26(16-20)55-27-17-21(42)7-10-24(27)30(23)22-8-5-19(15-25(22)34(46)47)38-35(60)37-12-3-1-2-4-14-53-58(49,50)57-59(51,52)54-18-28-31(44)32(45)33(56-28)40-13-11-29(43)39-36(40)48/h5-11,13,15-17,28,31-33,41,44-45H,1-4,12,14,18H2,(H,46,47)(H,49,50)(H,51,52)(H2,37,38,60)(H,39,43,48)/p-3/t28-,31+,32?,33-/m1/s1. The van der Waals surface area contributed by atoms with Crippen molar-refractivity contribution < 1.29 is 66.6 Å². The lowest BCUT2D eigenvalue weighted by Crippen LogP contribution is -2.37. The lowest BCUT2D eigenvalue weighted by molar-refractivity contribution is -0.268. The molecule has 2 aromatic carbocycles. The van der Waals surface area contributed by atoms with Gasteiger partial charge >= 0.3 is 11.7 Å². The summed E-state index contributed by atoms with van der Waals surface area (Å²) in [6, 6.07) is 13.8. The number of rotatable bonds is 17. The number of fused-ring (bicyclic) bond motifs is 2. The first-order valence-electron chi connectivity index (χ1n) is 18.0. The molecule has 6 atom stereocenters. The number of phosphoric acid groups is 2. The van der Waals surface area contributed by atoms with Crippen molar-refractivity contribution >= 4 is 55.6 Å². The maximum Gasteiger partial charge on any atom is 0.336 e. The molecule has 2 aliphatic heterocycles. The van der Waals surface area contributed by atoms with Gasteiger partial charge in [0, 0.05) is 47.1 Å². The molecule has 1 saturated heterocycles. The number of nitrogens with one attached hydrogen (secondary N) is 3. The third-order valence-electron chi connectivity index (χ3n) is 9.11. The molecule has 320 valence electrons. The predicted molar refractivity (Wildman–Crippen MR) is 209 cm³/mol. The van der Waals surface area contributed by atoms with E-state index >= 15 is 0 Å². The van der Waals surface area contributed by atoms with Crippen LogP contribution >= 0.6 is 27.9 Å². The number of carboxylic acids is 1. The number of aromatic carboxylic acids is 1. The van der Waals surface area contributed by atoms with Crippen molar-refractivity contribution in [1.29, 1.82) is 0 Å². The summed E-state index contributed by atoms with van der Waals surface area (Å²) >= 11 is 5.37. The zero-order valence-corrected chi connectivity index (χ0v) is 33.5. The van der Waals surface area contributed by atoms with Crippen LogP contribution in [0.15, 0.2) is 85.7 Å². The summed E-state index contributed by atoms with van der Waals surface area (Å²) in [6.45, 7) is -1.05. The topological polar surface area (TPSA) is 327 Å². The van der Waals surface area contributed by atoms with Gasteiger partial charge in [-0.15, -0.1) is 5.75 Å². The predicted octanol–water partition coefficient (Wildman–Crippen LogP) is 1.34. The van der Waals surface area contributed by atoms with E-state index in [9.17, 15) is 58.5 Å². The minimum absolute atomic E-state index is 0.0904. The first-order valence-corrected chi connectivity index (χ1v) is 21.3. The van der Waals surface area contributed by atoms with Gasteiger partial charge < -0.3 is 59.0 Å². The number of anilines is 1. The normalized spacial score (nSPS) is 19.8. The van der Waals surface area contributed by atoms with Crippen LogP contribution in [0.3, 0.4) is 0 Å². The molecule has 0 radical (unpaired) electrons. The molecule has 0 saturated carbocycles. The van der Waals surface area contributed by atoms with Crippen molar-refractivity contribution in [2.45, 2.75) is 50.2 Å². The number of carboxylic acid groups (broad SMARTS) is 1. The van der Waals surface area contributed by atoms with Crippen LogP contribution in [0.1, 0.15) is 42.3 Å². The van der Waals surface area contributed by atoms with E-state index in [4.69, 9.17) is 21.4 Å². The molecule has 3 unspecified atom stereocenters. The number of carbonyl (C=O) groups is 1. The number of hydrogen-bond acceptors (Lipinski definition) is 17. The van der Waals surface area contributed by atoms with E-state index in [0.717, 1.165) is 16.8 Å². The minimum atomic E-state index is -5.59. The lowest BCUT2D eigenvalue weighted by Gasteiger charge is -2.31. The van der Waals surface area contributed by atoms with E-state index in [-0.39, 0.29) is 39.6 Å². The monoisotopic (exact) mass is 889 g/mol. The average molecular weight is 890 g/mol. The Bertz CT molecular complexity index is 2650. The highest BCUT2D eigenvalue weighted by molar-refractivity contribution is 7.80. The van der Waals surface area contributed by atoms with E-state index in [1.807, 2.05) is 4.98 Å². The molecule has 60 heavy (non-hydrogen) atoms. The van der Waals surface area contributed by atoms with E-state index in [1.165, 1.54) is 42.5 Å². The lowest BCUT2D eigenvalue weighted by atomic mass is 9.90. The molecule has 21 nitrogen and oxygen atoms in total. The van der Waals surface area contributed by atoms with Crippen LogP contribution in [0.2, 0.25) is 0 Å². The molecule has 6 rings (SSSR count). The number of thiocarbonyl (C=S) groups is 1. The summed E-state index contributed by atoms with van der Waals surface area (Å²) < 4.78 is 49.4. The van der Waals surface area contributed by atoms with Crippen LogP contribution < -0.4 is 42.2 Å². The number of hydrogen-bond donors (Lipinski definition) is 6. The Morgan fingerprint density at radius 3 is 2.40 bits per heavy atom. The number of H-pyrrole nitrogens is 1. The number of aromatic nitrogens is 2. The summed E-state index contributed by atoms with van der Waals surface area (Å²) in [4.78, 5) is 74.2. The first-order chi connectivity index (χ1) is 28.4. The third kappa shape index (κ3) is 10.8. The van der Waals surface area contributed by atoms with Gasteiger partial charge in [0.15, 0.2) is 16.8 Å². The Balaban J connectivity index is 0.927. The molecule has 0 amide bonds. The molecule has 0 spiro atoms. The summed E-state index contributed by atoms with van der Waals surface area (Å²) in [5.41, 5.74) is -0.350. The largest absolute Gasteiger partial charge is 0.872 e. The number of ether oxygens (including phenoxy) is 1. The Morgan fingerprint density at radius 1 is 0.917 bits per heavy atom. The highest BCUT2D eigenvalue weighted by Gasteiger charge is 2.44. The van der Waals surface area contributed by atoms with Crippen molar-refractivity contribution in [3.05, 3.63) is 103 Å². The Labute approximate surface area is 343 Å². The quantitative estimate of drug-likeness (QED) is 0.0332. The van der Waals surface area contributed by atoms with Crippen molar-refractivity contribution in [2.75, 3.05) is 25.1 Å². The zero-order valence-electron chi connectivity index (χ0n) is 30.9. The number of benzene rings is 3. The fourth-order valence-electron chi connectivity index (χ4n) is 6.35. The van der Waals surface area contributed by atoms with E-state index < -0.39 is 70.6 Å². The average Bonchev–Trinajstić information content (AvgIpc) is 3.45. The Hall–Kier alpha value is -5.09. The number of aromatic amines is 1. The molecular weight excluding hydrogens is 854 g/mol. The van der Waals surface area contributed by atoms with Crippen molar-refractivity contribution in [3.63, 3.8) is 0 Å². The summed E-state index contributed by atoms with van der Waals surface area (Å²) in [6.07, 6.45) is -3.84. The van der Waals surface area contributed by atoms with Gasteiger partial charge in [-0.3, -0.25) is 28.3 Å². The molecule has 1 aromatic heterocycles. The maximum atomic E-state index is 12.5. The number of unbranched alkanes of at least 4 members (excludes halogenated alkanes) is 3. The number of aliphatic hydroxyl groups excluding tert-OH is 2. The molecule has 0 bridgehead atoms. The summed E-state index contributed by atoms with van der Waals surface area (Å²) in [7, 11) is -11.0. The highest BCUT2D eigenvalue weighted by atomic mass is 32.1. The van der Waals surface area contributed by atoms with Crippen LogP contribution in [-0.2, 0) is 27.2 Å². The van der Waals surface area contributed by atoms with Crippen molar-refractivity contribution in [2.24, 2.45) is 0 Å². The molecule has 3 heterocycles. The molecule has 6 N–H and O–H groups in total. The van der Waals surface area contributed by atoms with Crippen LogP contribution in [0.4, 0.5) is 5.69 Å². The van der Waals surface area contributed by atoms with Gasteiger partial charge in [-0.1, -0.05) is 31.0 Å². The Morgan fingerprint density at radius 2 is 1.65 bits per heavy atom. The fourth-order valence-corrected chi connectivity index (χ4v) is 8.61. The van der Waals surface area contributed by atoms with Crippen molar-refractivity contribution in [1.82, 2.24) is 14.9 Å². The molecule has 1 aliphatic carbocycles. The second-order valence-corrected chi connectivity index (χ2v) is 16.7. The van der Waals surface area contributed by atoms with Gasteiger partial charge in [-0.25, -0.2) is 13.9 Å². The smallest absolute Gasteiger partial charge is 0.336 e. The molecule has 24 heteroatoms. The summed E-state index contributed by atoms with van der Waals surface area (Å²) in [5.74, 6) is -1.39. The Kier molecular flexibility index (Phi) is 13.8. The van der Waals surface area contributed by atoms with Crippen LogP contribution in [0.5, 0.6) is 5.75 Å². The van der Waals surface area contributed by atoms with Crippen LogP contribution in [0.25, 0.3) is 33.4 Å². The van der Waals surface area contributed by atoms with Crippen molar-refractivity contribution in [3.8, 4) is 28.2 Å². The molecule has 1 fully saturated rings. The van der Waals surface area contributed by atoms with Crippen LogP contribution in [-0.4, -0.2) is 74.0 Å². The van der Waals surface area contributed by atoms with E-state index in [2.05, 4.69) is 24.0 Å². The highest BCUT2D eigenvalue weighted by Crippen LogP contribution is 2.56. The number of nitrogens with zero attached hydrogens (tertiary/aromatic N) is 1. The SMILES string of the molecule is O=C(O)c1cc(NC(=S)NCCCCCCOP(=O)([O-])OP(=O)([O-])OC[C@H]2O[C@@H](n3ccc(=O)[nH]c3=O)C(O)[C@H]2O)ccc1-c1c2ccc(=O)cc-2oc2cc([O-])ccc12. The first kappa shape index (κ1) is 44.5. The second-order valence-electron chi connectivity index (χ2n) is 13.3. The molecule has 3 aliphatic rings. The zero-order chi connectivity index (χ0) is 43.4. The number of phosphoric ester groups is 2. The van der Waals surface area contributed by atoms with Gasteiger partial charge in [-0.2, -0.15) is 0 Å². The van der Waals surface area contributed by atoms with E-state index in [0.29, 0.717) is 53.6 Å². The molecule has 3 aromatic rings. The van der Waals surface area contributed by atoms with Gasteiger partial charge in [-0.05, 0) is 61.0 Å². The second kappa shape index (κ2) is 18.7.